The Kier molecular flexibility index (Phi) is 3.99. The SMILES string of the molecule is CCNC(c1ccc(C)nc1)c1cc2ccc(F)cc2s1. The minimum atomic E-state index is -0.187. The predicted octanol–water partition coefficient (Wildman–Crippen LogP) is 4.44. The first-order valence-electron chi connectivity index (χ1n) is 7.02. The number of nitrogens with zero attached hydrogens (tertiary/aromatic N) is 1. The Hall–Kier alpha value is -1.78. The molecule has 0 saturated heterocycles. The number of nitrogens with one attached hydrogen (secondary N) is 1. The van der Waals surface area contributed by atoms with Crippen LogP contribution in [0, 0.1) is 12.7 Å². The van der Waals surface area contributed by atoms with E-state index in [2.05, 4.69) is 29.4 Å². The van der Waals surface area contributed by atoms with Crippen molar-refractivity contribution in [2.75, 3.05) is 6.54 Å². The van der Waals surface area contributed by atoms with E-state index in [0.29, 0.717) is 0 Å². The van der Waals surface area contributed by atoms with E-state index >= 15 is 0 Å². The third-order valence-electron chi connectivity index (χ3n) is 3.46. The maximum absolute atomic E-state index is 13.3. The molecule has 2 aromatic heterocycles. The van der Waals surface area contributed by atoms with Crippen LogP contribution < -0.4 is 5.32 Å². The van der Waals surface area contributed by atoms with Crippen molar-refractivity contribution in [3.63, 3.8) is 0 Å². The lowest BCUT2D eigenvalue weighted by Gasteiger charge is -2.16. The van der Waals surface area contributed by atoms with Crippen LogP contribution in [0.15, 0.2) is 42.6 Å². The molecule has 0 amide bonds. The zero-order valence-corrected chi connectivity index (χ0v) is 12.9. The molecule has 0 aliphatic heterocycles. The number of halogens is 1. The maximum atomic E-state index is 13.3. The Balaban J connectivity index is 2.04. The van der Waals surface area contributed by atoms with Crippen LogP contribution in [0.3, 0.4) is 0 Å². The minimum absolute atomic E-state index is 0.101. The lowest BCUT2D eigenvalue weighted by atomic mass is 10.1. The highest BCUT2D eigenvalue weighted by Crippen LogP contribution is 2.33. The first-order valence-corrected chi connectivity index (χ1v) is 7.84. The monoisotopic (exact) mass is 300 g/mol. The summed E-state index contributed by atoms with van der Waals surface area (Å²) >= 11 is 1.63. The van der Waals surface area contributed by atoms with Gasteiger partial charge < -0.3 is 5.32 Å². The van der Waals surface area contributed by atoms with Crippen LogP contribution in [0.5, 0.6) is 0 Å². The molecule has 0 bridgehead atoms. The highest BCUT2D eigenvalue weighted by atomic mass is 32.1. The predicted molar refractivity (Wildman–Crippen MR) is 86.3 cm³/mol. The molecule has 1 aromatic carbocycles. The standard InChI is InChI=1S/C17H17FN2S/c1-3-19-17(13-5-4-11(2)20-10-13)16-8-12-6-7-14(18)9-15(12)21-16/h4-10,17,19H,3H2,1-2H3. The summed E-state index contributed by atoms with van der Waals surface area (Å²) in [5.74, 6) is -0.187. The van der Waals surface area contributed by atoms with Gasteiger partial charge in [-0.1, -0.05) is 19.1 Å². The largest absolute Gasteiger partial charge is 0.306 e. The van der Waals surface area contributed by atoms with Crippen molar-refractivity contribution in [2.45, 2.75) is 19.9 Å². The zero-order chi connectivity index (χ0) is 14.8. The van der Waals surface area contributed by atoms with Crippen LogP contribution in [-0.2, 0) is 0 Å². The van der Waals surface area contributed by atoms with Gasteiger partial charge >= 0.3 is 0 Å². The van der Waals surface area contributed by atoms with E-state index in [1.54, 1.807) is 17.4 Å². The van der Waals surface area contributed by atoms with Gasteiger partial charge in [0.05, 0.1) is 6.04 Å². The second kappa shape index (κ2) is 5.92. The van der Waals surface area contributed by atoms with E-state index in [-0.39, 0.29) is 11.9 Å². The van der Waals surface area contributed by atoms with Crippen molar-refractivity contribution in [3.05, 3.63) is 64.5 Å². The Labute approximate surface area is 127 Å². The van der Waals surface area contributed by atoms with Crippen molar-refractivity contribution in [1.82, 2.24) is 10.3 Å². The molecule has 1 N–H and O–H groups in total. The summed E-state index contributed by atoms with van der Waals surface area (Å²) in [7, 11) is 0. The van der Waals surface area contributed by atoms with Gasteiger partial charge in [0, 0.05) is 21.5 Å². The molecule has 1 unspecified atom stereocenters. The Morgan fingerprint density at radius 2 is 2.10 bits per heavy atom. The van der Waals surface area contributed by atoms with Gasteiger partial charge in [0.1, 0.15) is 5.82 Å². The fourth-order valence-electron chi connectivity index (χ4n) is 2.40. The Morgan fingerprint density at radius 3 is 2.81 bits per heavy atom. The molecule has 4 heteroatoms. The molecule has 0 spiro atoms. The molecule has 2 nitrogen and oxygen atoms in total. The number of rotatable bonds is 4. The van der Waals surface area contributed by atoms with Crippen LogP contribution in [0.25, 0.3) is 10.1 Å². The van der Waals surface area contributed by atoms with Crippen LogP contribution in [0.4, 0.5) is 4.39 Å². The highest BCUT2D eigenvalue weighted by molar-refractivity contribution is 7.19. The molecule has 0 radical (unpaired) electrons. The topological polar surface area (TPSA) is 24.9 Å². The van der Waals surface area contributed by atoms with E-state index in [4.69, 9.17) is 0 Å². The fraction of sp³-hybridized carbons (Fsp3) is 0.235. The van der Waals surface area contributed by atoms with Gasteiger partial charge in [-0.15, -0.1) is 11.3 Å². The van der Waals surface area contributed by atoms with Crippen molar-refractivity contribution in [3.8, 4) is 0 Å². The summed E-state index contributed by atoms with van der Waals surface area (Å²) in [5, 5.41) is 4.57. The number of hydrogen-bond acceptors (Lipinski definition) is 3. The summed E-state index contributed by atoms with van der Waals surface area (Å²) in [5.41, 5.74) is 2.14. The molecule has 21 heavy (non-hydrogen) atoms. The molecule has 0 aliphatic rings. The van der Waals surface area contributed by atoms with Crippen molar-refractivity contribution in [1.29, 1.82) is 0 Å². The second-order valence-electron chi connectivity index (χ2n) is 5.05. The Bertz CT molecular complexity index is 749. The molecule has 2 heterocycles. The average molecular weight is 300 g/mol. The minimum Gasteiger partial charge on any atom is -0.306 e. The van der Waals surface area contributed by atoms with Gasteiger partial charge in [-0.05, 0) is 48.7 Å². The average Bonchev–Trinajstić information content (AvgIpc) is 2.88. The molecule has 3 aromatic rings. The van der Waals surface area contributed by atoms with Gasteiger partial charge in [-0.25, -0.2) is 4.39 Å². The van der Waals surface area contributed by atoms with Gasteiger partial charge in [0.2, 0.25) is 0 Å². The quantitative estimate of drug-likeness (QED) is 0.770. The highest BCUT2D eigenvalue weighted by Gasteiger charge is 2.16. The summed E-state index contributed by atoms with van der Waals surface area (Å²) in [4.78, 5) is 5.56. The lowest BCUT2D eigenvalue weighted by Crippen LogP contribution is -2.21. The number of benzene rings is 1. The molecule has 108 valence electrons. The summed E-state index contributed by atoms with van der Waals surface area (Å²) < 4.78 is 14.3. The molecule has 0 fully saturated rings. The van der Waals surface area contributed by atoms with E-state index < -0.39 is 0 Å². The van der Waals surface area contributed by atoms with Crippen LogP contribution in [0.1, 0.15) is 29.1 Å². The maximum Gasteiger partial charge on any atom is 0.124 e. The van der Waals surface area contributed by atoms with Crippen LogP contribution in [-0.4, -0.2) is 11.5 Å². The van der Waals surface area contributed by atoms with Gasteiger partial charge in [-0.3, -0.25) is 4.98 Å². The molecule has 1 atom stereocenters. The number of pyridine rings is 1. The Morgan fingerprint density at radius 1 is 1.24 bits per heavy atom. The van der Waals surface area contributed by atoms with Crippen LogP contribution in [0.2, 0.25) is 0 Å². The van der Waals surface area contributed by atoms with Gasteiger partial charge in [0.15, 0.2) is 0 Å². The third kappa shape index (κ3) is 2.96. The summed E-state index contributed by atoms with van der Waals surface area (Å²) in [6.07, 6.45) is 1.91. The van der Waals surface area contributed by atoms with Crippen molar-refractivity contribution >= 4 is 21.4 Å². The third-order valence-corrected chi connectivity index (χ3v) is 4.62. The summed E-state index contributed by atoms with van der Waals surface area (Å²) in [6.45, 7) is 4.93. The van der Waals surface area contributed by atoms with Gasteiger partial charge in [-0.2, -0.15) is 0 Å². The van der Waals surface area contributed by atoms with E-state index in [9.17, 15) is 4.39 Å². The molecule has 0 aliphatic carbocycles. The van der Waals surface area contributed by atoms with E-state index in [1.165, 1.54) is 10.9 Å². The second-order valence-corrected chi connectivity index (χ2v) is 6.17. The first-order chi connectivity index (χ1) is 10.2. The molecule has 0 saturated carbocycles. The number of aryl methyl sites for hydroxylation is 1. The van der Waals surface area contributed by atoms with Crippen LogP contribution >= 0.6 is 11.3 Å². The first kappa shape index (κ1) is 14.2. The molecule has 3 rings (SSSR count). The van der Waals surface area contributed by atoms with Crippen molar-refractivity contribution < 1.29 is 4.39 Å². The lowest BCUT2D eigenvalue weighted by molar-refractivity contribution is 0.630. The fourth-order valence-corrected chi connectivity index (χ4v) is 3.60. The number of hydrogen-bond donors (Lipinski definition) is 1. The number of aromatic nitrogens is 1. The number of fused-ring (bicyclic) bond motifs is 1. The smallest absolute Gasteiger partial charge is 0.124 e. The molecular weight excluding hydrogens is 283 g/mol. The normalized spacial score (nSPS) is 12.7. The van der Waals surface area contributed by atoms with E-state index in [0.717, 1.165) is 27.9 Å². The van der Waals surface area contributed by atoms with Gasteiger partial charge in [0.25, 0.3) is 0 Å². The summed E-state index contributed by atoms with van der Waals surface area (Å²) in [6, 6.07) is 11.3. The zero-order valence-electron chi connectivity index (χ0n) is 12.1. The number of thiophene rings is 1. The van der Waals surface area contributed by atoms with Crippen molar-refractivity contribution in [2.24, 2.45) is 0 Å². The van der Waals surface area contributed by atoms with E-state index in [1.807, 2.05) is 25.3 Å². The molecular formula is C17H17FN2S.